The lowest BCUT2D eigenvalue weighted by atomic mass is 10.0. The van der Waals surface area contributed by atoms with Gasteiger partial charge in [0.05, 0.1) is 23.3 Å². The van der Waals surface area contributed by atoms with Crippen molar-refractivity contribution in [2.24, 2.45) is 5.10 Å². The number of nitrogens with zero attached hydrogens (tertiary/aromatic N) is 1. The van der Waals surface area contributed by atoms with Crippen LogP contribution in [-0.2, 0) is 17.8 Å². The molecule has 0 aliphatic heterocycles. The van der Waals surface area contributed by atoms with E-state index in [1.165, 1.54) is 0 Å². The molecule has 0 atom stereocenters. The summed E-state index contributed by atoms with van der Waals surface area (Å²) >= 11 is 8.13. The molecule has 32 heavy (non-hydrogen) atoms. The van der Waals surface area contributed by atoms with Gasteiger partial charge in [-0.05, 0) is 83.0 Å². The number of hydrazone groups is 1. The normalized spacial score (nSPS) is 10.9. The van der Waals surface area contributed by atoms with E-state index < -0.39 is 0 Å². The van der Waals surface area contributed by atoms with Crippen LogP contribution < -0.4 is 14.9 Å². The molecule has 0 bridgehead atoms. The van der Waals surface area contributed by atoms with Gasteiger partial charge in [-0.25, -0.2) is 5.43 Å². The van der Waals surface area contributed by atoms with Crippen molar-refractivity contribution in [3.05, 3.63) is 91.0 Å². The van der Waals surface area contributed by atoms with Crippen LogP contribution in [0.2, 0.25) is 5.02 Å². The van der Waals surface area contributed by atoms with Crippen LogP contribution in [0.15, 0.2) is 59.7 Å². The largest absolute Gasteiger partial charge is 0.493 e. The highest BCUT2D eigenvalue weighted by Gasteiger charge is 2.12. The minimum absolute atomic E-state index is 0.167. The molecule has 0 unspecified atom stereocenters. The summed E-state index contributed by atoms with van der Waals surface area (Å²) in [6, 6.07) is 17.3. The van der Waals surface area contributed by atoms with Gasteiger partial charge < -0.3 is 9.47 Å². The Bertz CT molecular complexity index is 1130. The van der Waals surface area contributed by atoms with Gasteiger partial charge >= 0.3 is 0 Å². The van der Waals surface area contributed by atoms with Gasteiger partial charge in [0.25, 0.3) is 0 Å². The summed E-state index contributed by atoms with van der Waals surface area (Å²) in [6.45, 7) is 4.40. The molecule has 0 saturated carbocycles. The molecule has 1 amide bonds. The zero-order valence-electron chi connectivity index (χ0n) is 18.1. The second-order valence-electron chi connectivity index (χ2n) is 7.35. The van der Waals surface area contributed by atoms with Crippen molar-refractivity contribution in [3.63, 3.8) is 0 Å². The van der Waals surface area contributed by atoms with Crippen molar-refractivity contribution < 1.29 is 14.3 Å². The predicted octanol–water partition coefficient (Wildman–Crippen LogP) is 5.84. The lowest BCUT2D eigenvalue weighted by Crippen LogP contribution is -2.20. The summed E-state index contributed by atoms with van der Waals surface area (Å²) in [5, 5.41) is 4.79. The topological polar surface area (TPSA) is 59.9 Å². The number of aryl methyl sites for hydroxylation is 2. The van der Waals surface area contributed by atoms with Crippen LogP contribution in [0, 0.1) is 17.4 Å². The number of benzene rings is 3. The van der Waals surface area contributed by atoms with Crippen LogP contribution in [0.5, 0.6) is 11.5 Å². The van der Waals surface area contributed by atoms with Crippen LogP contribution >= 0.6 is 34.2 Å². The van der Waals surface area contributed by atoms with Gasteiger partial charge in [-0.2, -0.15) is 5.10 Å². The lowest BCUT2D eigenvalue weighted by Gasteiger charge is -2.13. The highest BCUT2D eigenvalue weighted by atomic mass is 127. The van der Waals surface area contributed by atoms with Crippen LogP contribution in [0.25, 0.3) is 0 Å². The van der Waals surface area contributed by atoms with E-state index >= 15 is 0 Å². The van der Waals surface area contributed by atoms with Crippen LogP contribution in [-0.4, -0.2) is 19.2 Å². The molecule has 0 radical (unpaired) electrons. The lowest BCUT2D eigenvalue weighted by molar-refractivity contribution is -0.120. The minimum atomic E-state index is -0.167. The van der Waals surface area contributed by atoms with Gasteiger partial charge in [-0.3, -0.25) is 4.79 Å². The van der Waals surface area contributed by atoms with Crippen LogP contribution in [0.4, 0.5) is 0 Å². The Morgan fingerprint density at radius 3 is 2.59 bits per heavy atom. The molecular weight excluding hydrogens is 539 g/mol. The molecule has 0 aromatic heterocycles. The summed E-state index contributed by atoms with van der Waals surface area (Å²) < 4.78 is 12.4. The number of methoxy groups -OCH3 is 1. The van der Waals surface area contributed by atoms with Crippen molar-refractivity contribution in [3.8, 4) is 11.5 Å². The number of halogens is 2. The maximum atomic E-state index is 12.3. The van der Waals surface area contributed by atoms with Gasteiger partial charge in [0, 0.05) is 5.02 Å². The highest BCUT2D eigenvalue weighted by molar-refractivity contribution is 14.1. The van der Waals surface area contributed by atoms with Crippen LogP contribution in [0.1, 0.15) is 27.8 Å². The average molecular weight is 563 g/mol. The van der Waals surface area contributed by atoms with E-state index in [9.17, 15) is 4.79 Å². The quantitative estimate of drug-likeness (QED) is 0.213. The highest BCUT2D eigenvalue weighted by Crippen LogP contribution is 2.34. The second-order valence-corrected chi connectivity index (χ2v) is 8.95. The first-order chi connectivity index (χ1) is 15.4. The van der Waals surface area contributed by atoms with Crippen molar-refractivity contribution in [1.82, 2.24) is 5.43 Å². The standard InChI is InChI=1S/C25H24ClIN2O3/c1-16-4-5-17(2)20(10-16)13-24(30)29-28-14-19-11-22(27)25(23(12-19)31-3)32-15-18-6-8-21(26)9-7-18/h4-12,14H,13,15H2,1-3H3,(H,29,30)/b28-14+. The molecule has 0 saturated heterocycles. The first kappa shape index (κ1) is 24.1. The summed E-state index contributed by atoms with van der Waals surface area (Å²) in [4.78, 5) is 12.3. The summed E-state index contributed by atoms with van der Waals surface area (Å²) in [5.41, 5.74) is 7.60. The zero-order valence-corrected chi connectivity index (χ0v) is 21.0. The number of nitrogens with one attached hydrogen (secondary N) is 1. The third-order valence-electron chi connectivity index (χ3n) is 4.81. The molecular formula is C25H24ClIN2O3. The Labute approximate surface area is 206 Å². The van der Waals surface area contributed by atoms with Crippen LogP contribution in [0.3, 0.4) is 0 Å². The number of carbonyl (C=O) groups is 1. The van der Waals surface area contributed by atoms with Gasteiger partial charge in [-0.1, -0.05) is 47.5 Å². The molecule has 7 heteroatoms. The molecule has 3 rings (SSSR count). The van der Waals surface area contributed by atoms with Gasteiger partial charge in [0.2, 0.25) is 5.91 Å². The van der Waals surface area contributed by atoms with Gasteiger partial charge in [-0.15, -0.1) is 0 Å². The first-order valence-electron chi connectivity index (χ1n) is 9.98. The third kappa shape index (κ3) is 6.71. The summed E-state index contributed by atoms with van der Waals surface area (Å²) in [7, 11) is 1.59. The van der Waals surface area contributed by atoms with Crippen molar-refractivity contribution >= 4 is 46.3 Å². The fraction of sp³-hybridized carbons (Fsp3) is 0.200. The molecule has 0 aliphatic rings. The van der Waals surface area contributed by atoms with E-state index in [0.717, 1.165) is 31.4 Å². The van der Waals surface area contributed by atoms with E-state index in [1.54, 1.807) is 13.3 Å². The number of carbonyl (C=O) groups excluding carboxylic acids is 1. The Morgan fingerprint density at radius 1 is 1.12 bits per heavy atom. The second kappa shape index (κ2) is 11.3. The van der Waals surface area contributed by atoms with E-state index in [4.69, 9.17) is 21.1 Å². The monoisotopic (exact) mass is 562 g/mol. The summed E-state index contributed by atoms with van der Waals surface area (Å²) in [6.07, 6.45) is 1.87. The van der Waals surface area contributed by atoms with E-state index in [2.05, 4.69) is 33.1 Å². The Hall–Kier alpha value is -2.58. The molecule has 5 nitrogen and oxygen atoms in total. The molecule has 166 valence electrons. The molecule has 0 fully saturated rings. The maximum Gasteiger partial charge on any atom is 0.244 e. The predicted molar refractivity (Wildman–Crippen MR) is 137 cm³/mol. The van der Waals surface area contributed by atoms with E-state index in [0.29, 0.717) is 23.1 Å². The van der Waals surface area contributed by atoms with Crippen molar-refractivity contribution in [1.29, 1.82) is 0 Å². The molecule has 3 aromatic rings. The fourth-order valence-electron chi connectivity index (χ4n) is 3.07. The third-order valence-corrected chi connectivity index (χ3v) is 5.86. The minimum Gasteiger partial charge on any atom is -0.493 e. The Balaban J connectivity index is 1.64. The fourth-order valence-corrected chi connectivity index (χ4v) is 3.98. The van der Waals surface area contributed by atoms with E-state index in [1.807, 2.05) is 68.4 Å². The molecule has 0 spiro atoms. The van der Waals surface area contributed by atoms with Gasteiger partial charge in [0.15, 0.2) is 11.5 Å². The number of rotatable bonds is 8. The molecule has 1 N–H and O–H groups in total. The van der Waals surface area contributed by atoms with Crippen molar-refractivity contribution in [2.45, 2.75) is 26.9 Å². The van der Waals surface area contributed by atoms with Crippen molar-refractivity contribution in [2.75, 3.05) is 7.11 Å². The number of hydrogen-bond acceptors (Lipinski definition) is 4. The molecule has 0 aliphatic carbocycles. The smallest absolute Gasteiger partial charge is 0.244 e. The average Bonchev–Trinajstić information content (AvgIpc) is 2.76. The number of hydrogen-bond donors (Lipinski definition) is 1. The Kier molecular flexibility index (Phi) is 8.53. The molecule has 0 heterocycles. The maximum absolute atomic E-state index is 12.3. The number of ether oxygens (including phenoxy) is 2. The van der Waals surface area contributed by atoms with Gasteiger partial charge in [0.1, 0.15) is 6.61 Å². The summed E-state index contributed by atoms with van der Waals surface area (Å²) in [5.74, 6) is 1.08. The Morgan fingerprint density at radius 2 is 1.88 bits per heavy atom. The van der Waals surface area contributed by atoms with E-state index in [-0.39, 0.29) is 12.3 Å². The SMILES string of the molecule is COc1cc(/C=N/NC(=O)Cc2cc(C)ccc2C)cc(I)c1OCc1ccc(Cl)cc1. The number of amides is 1. The zero-order chi connectivity index (χ0) is 23.1. The first-order valence-corrected chi connectivity index (χ1v) is 11.4. The molecule has 3 aromatic carbocycles.